The molecule has 1 aliphatic rings. The van der Waals surface area contributed by atoms with E-state index >= 15 is 0 Å². The van der Waals surface area contributed by atoms with Crippen LogP contribution in [-0.4, -0.2) is 23.6 Å². The lowest BCUT2D eigenvalue weighted by atomic mass is 9.80. The summed E-state index contributed by atoms with van der Waals surface area (Å²) in [5, 5.41) is 0. The number of benzene rings is 1. The molecule has 0 aromatic heterocycles. The Labute approximate surface area is 124 Å². The first-order valence-corrected chi connectivity index (χ1v) is 6.49. The average molecular weight is 316 g/mol. The molecule has 120 valence electrons. The van der Waals surface area contributed by atoms with Crippen LogP contribution >= 0.6 is 0 Å². The van der Waals surface area contributed by atoms with Crippen molar-refractivity contribution >= 4 is 11.7 Å². The highest BCUT2D eigenvalue weighted by atomic mass is 19.4. The van der Waals surface area contributed by atoms with Crippen molar-refractivity contribution in [2.24, 2.45) is 11.5 Å². The molecule has 0 saturated heterocycles. The summed E-state index contributed by atoms with van der Waals surface area (Å²) >= 11 is 0. The average Bonchev–Trinajstić information content (AvgIpc) is 3.18. The van der Waals surface area contributed by atoms with Gasteiger partial charge in [-0.05, 0) is 37.5 Å². The van der Waals surface area contributed by atoms with Crippen LogP contribution < -0.4 is 16.2 Å². The third-order valence-corrected chi connectivity index (χ3v) is 3.81. The largest absolute Gasteiger partial charge is 0.573 e. The normalized spacial score (nSPS) is 19.1. The van der Waals surface area contributed by atoms with E-state index in [-0.39, 0.29) is 5.75 Å². The van der Waals surface area contributed by atoms with Gasteiger partial charge in [-0.2, -0.15) is 0 Å². The number of hydrogen-bond donors (Lipinski definition) is 2. The monoisotopic (exact) mass is 316 g/mol. The highest BCUT2D eigenvalue weighted by Gasteiger charge is 2.57. The highest BCUT2D eigenvalue weighted by Crippen LogP contribution is 2.51. The Morgan fingerprint density at radius 1 is 1.18 bits per heavy atom. The van der Waals surface area contributed by atoms with Crippen molar-refractivity contribution in [3.8, 4) is 5.75 Å². The summed E-state index contributed by atoms with van der Waals surface area (Å²) in [6.45, 7) is 1.23. The van der Waals surface area contributed by atoms with Gasteiger partial charge in [0.15, 0.2) is 11.3 Å². The SMILES string of the molecule is CC(N)(C(N)=O)C(=O)C1(c2ccc(OC(F)(F)F)cc2)CC1. The number of alkyl halides is 3. The topological polar surface area (TPSA) is 95.4 Å². The summed E-state index contributed by atoms with van der Waals surface area (Å²) in [5.41, 5.74) is 8.53. The third-order valence-electron chi connectivity index (χ3n) is 3.81. The minimum absolute atomic E-state index is 0.384. The van der Waals surface area contributed by atoms with E-state index in [1.54, 1.807) is 0 Å². The predicted octanol–water partition coefficient (Wildman–Crippen LogP) is 1.39. The van der Waals surface area contributed by atoms with Gasteiger partial charge in [-0.3, -0.25) is 9.59 Å². The van der Waals surface area contributed by atoms with Crippen LogP contribution in [-0.2, 0) is 15.0 Å². The van der Waals surface area contributed by atoms with Crippen LogP contribution in [0.2, 0.25) is 0 Å². The maximum absolute atomic E-state index is 12.5. The van der Waals surface area contributed by atoms with E-state index in [1.807, 2.05) is 0 Å². The first-order valence-electron chi connectivity index (χ1n) is 6.49. The van der Waals surface area contributed by atoms with Gasteiger partial charge in [-0.25, -0.2) is 0 Å². The predicted molar refractivity (Wildman–Crippen MR) is 70.8 cm³/mol. The van der Waals surface area contributed by atoms with Gasteiger partial charge in [0.1, 0.15) is 5.75 Å². The second-order valence-electron chi connectivity index (χ2n) is 5.55. The number of nitrogens with two attached hydrogens (primary N) is 2. The highest BCUT2D eigenvalue weighted by molar-refractivity contribution is 6.14. The minimum Gasteiger partial charge on any atom is -0.406 e. The van der Waals surface area contributed by atoms with Crippen molar-refractivity contribution in [3.63, 3.8) is 0 Å². The molecule has 1 atom stereocenters. The Hall–Kier alpha value is -2.09. The number of primary amides is 1. The molecule has 1 aromatic carbocycles. The fourth-order valence-corrected chi connectivity index (χ4v) is 2.36. The minimum atomic E-state index is -4.78. The molecule has 1 fully saturated rings. The fourth-order valence-electron chi connectivity index (χ4n) is 2.36. The van der Waals surface area contributed by atoms with Crippen molar-refractivity contribution in [1.29, 1.82) is 0 Å². The number of halogens is 3. The Morgan fingerprint density at radius 2 is 1.68 bits per heavy atom. The molecule has 0 aliphatic heterocycles. The Bertz CT molecular complexity index is 605. The number of amides is 1. The molecule has 0 heterocycles. The summed E-state index contributed by atoms with van der Waals surface area (Å²) in [7, 11) is 0. The molecule has 0 radical (unpaired) electrons. The zero-order valence-electron chi connectivity index (χ0n) is 11.7. The summed E-state index contributed by atoms with van der Waals surface area (Å²) in [6, 6.07) is 4.97. The fraction of sp³-hybridized carbons (Fsp3) is 0.429. The molecule has 1 unspecified atom stereocenters. The second kappa shape index (κ2) is 4.98. The van der Waals surface area contributed by atoms with Crippen molar-refractivity contribution in [3.05, 3.63) is 29.8 Å². The summed E-state index contributed by atoms with van der Waals surface area (Å²) in [5.74, 6) is -1.86. The molecule has 22 heavy (non-hydrogen) atoms. The number of ketones is 1. The quantitative estimate of drug-likeness (QED) is 0.802. The first-order chi connectivity index (χ1) is 9.99. The lowest BCUT2D eigenvalue weighted by molar-refractivity contribution is -0.274. The van der Waals surface area contributed by atoms with Crippen molar-refractivity contribution in [1.82, 2.24) is 0 Å². The molecule has 2 rings (SSSR count). The zero-order valence-corrected chi connectivity index (χ0v) is 11.7. The maximum Gasteiger partial charge on any atom is 0.573 e. The van der Waals surface area contributed by atoms with Crippen LogP contribution in [0.15, 0.2) is 24.3 Å². The number of hydrogen-bond acceptors (Lipinski definition) is 4. The smallest absolute Gasteiger partial charge is 0.406 e. The molecule has 4 N–H and O–H groups in total. The van der Waals surface area contributed by atoms with Gasteiger partial charge in [0, 0.05) is 0 Å². The van der Waals surface area contributed by atoms with E-state index in [2.05, 4.69) is 4.74 Å². The zero-order chi connectivity index (χ0) is 16.8. The van der Waals surface area contributed by atoms with Crippen molar-refractivity contribution < 1.29 is 27.5 Å². The van der Waals surface area contributed by atoms with E-state index in [0.29, 0.717) is 18.4 Å². The van der Waals surface area contributed by atoms with Crippen molar-refractivity contribution in [2.75, 3.05) is 0 Å². The van der Waals surface area contributed by atoms with E-state index in [4.69, 9.17) is 11.5 Å². The standard InChI is InChI=1S/C14H15F3N2O3/c1-12(19,11(18)21)10(20)13(6-7-13)8-2-4-9(5-3-8)22-14(15,16)17/h2-5H,6-7,19H2,1H3,(H2,18,21). The number of ether oxygens (including phenoxy) is 1. The van der Waals surface area contributed by atoms with Gasteiger partial charge in [0.25, 0.3) is 0 Å². The number of Topliss-reactive ketones (excluding diaryl/α,β-unsaturated/α-hetero) is 1. The van der Waals surface area contributed by atoms with Gasteiger partial charge >= 0.3 is 6.36 Å². The van der Waals surface area contributed by atoms with Gasteiger partial charge < -0.3 is 16.2 Å². The number of carbonyl (C=O) groups excluding carboxylic acids is 2. The maximum atomic E-state index is 12.5. The number of rotatable bonds is 5. The summed E-state index contributed by atoms with van der Waals surface area (Å²) in [6.07, 6.45) is -3.85. The van der Waals surface area contributed by atoms with Gasteiger partial charge in [0.05, 0.1) is 5.41 Å². The van der Waals surface area contributed by atoms with Crippen LogP contribution in [0.1, 0.15) is 25.3 Å². The van der Waals surface area contributed by atoms with Crippen LogP contribution in [0.4, 0.5) is 13.2 Å². The number of carbonyl (C=O) groups is 2. The van der Waals surface area contributed by atoms with E-state index in [1.165, 1.54) is 19.1 Å². The molecular weight excluding hydrogens is 301 g/mol. The van der Waals surface area contributed by atoms with Crippen molar-refractivity contribution in [2.45, 2.75) is 37.1 Å². The molecule has 0 spiro atoms. The van der Waals surface area contributed by atoms with E-state index in [0.717, 1.165) is 12.1 Å². The molecule has 1 amide bonds. The molecule has 1 saturated carbocycles. The summed E-state index contributed by atoms with van der Waals surface area (Å²) in [4.78, 5) is 23.8. The van der Waals surface area contributed by atoms with Crippen LogP contribution in [0.3, 0.4) is 0 Å². The first kappa shape index (κ1) is 16.3. The molecule has 0 bridgehead atoms. The lowest BCUT2D eigenvalue weighted by Gasteiger charge is -2.25. The van der Waals surface area contributed by atoms with Gasteiger partial charge in [-0.15, -0.1) is 13.2 Å². The van der Waals surface area contributed by atoms with Gasteiger partial charge in [0.2, 0.25) is 5.91 Å². The molecule has 5 nitrogen and oxygen atoms in total. The second-order valence-corrected chi connectivity index (χ2v) is 5.55. The molecule has 1 aliphatic carbocycles. The Morgan fingerprint density at radius 3 is 2.05 bits per heavy atom. The van der Waals surface area contributed by atoms with Gasteiger partial charge in [-0.1, -0.05) is 12.1 Å². The third kappa shape index (κ3) is 2.92. The molecular formula is C14H15F3N2O3. The lowest BCUT2D eigenvalue weighted by Crippen LogP contribution is -2.59. The Balaban J connectivity index is 2.25. The molecule has 1 aromatic rings. The van der Waals surface area contributed by atoms with Crippen LogP contribution in [0.5, 0.6) is 5.75 Å². The summed E-state index contributed by atoms with van der Waals surface area (Å²) < 4.78 is 40.1. The van der Waals surface area contributed by atoms with E-state index < -0.39 is 29.0 Å². The van der Waals surface area contributed by atoms with Crippen LogP contribution in [0.25, 0.3) is 0 Å². The molecule has 8 heteroatoms. The Kier molecular flexibility index (Phi) is 3.68. The van der Waals surface area contributed by atoms with E-state index in [9.17, 15) is 22.8 Å². The van der Waals surface area contributed by atoms with Crippen LogP contribution in [0, 0.1) is 0 Å².